The number of ether oxygens (including phenoxy) is 1. The van der Waals surface area contributed by atoms with Crippen molar-refractivity contribution in [2.45, 2.75) is 25.9 Å². The molecule has 1 atom stereocenters. The molecule has 3 rings (SSSR count). The lowest BCUT2D eigenvalue weighted by molar-refractivity contribution is 0.0866. The quantitative estimate of drug-likeness (QED) is 0.576. The fourth-order valence-electron chi connectivity index (χ4n) is 3.09. The first kappa shape index (κ1) is 22.7. The number of nitriles is 1. The third-order valence-corrected chi connectivity index (χ3v) is 4.90. The Labute approximate surface area is 182 Å². The van der Waals surface area contributed by atoms with Gasteiger partial charge < -0.3 is 15.8 Å². The van der Waals surface area contributed by atoms with Crippen LogP contribution in [-0.2, 0) is 6.54 Å². The average molecular weight is 443 g/mol. The lowest BCUT2D eigenvalue weighted by Crippen LogP contribution is -2.23. The Kier molecular flexibility index (Phi) is 6.68. The Hall–Kier alpha value is -4.00. The SMILES string of the molecule is COc1ccc(F)cc1C(=O)NCc1ccc(-c2nn(C(C)C(F)F)c(N)c2C#N)cc1. The third kappa shape index (κ3) is 4.51. The maximum absolute atomic E-state index is 13.5. The number of nitrogen functional groups attached to an aromatic ring is 1. The Bertz CT molecular complexity index is 1170. The van der Waals surface area contributed by atoms with Crippen molar-refractivity contribution in [3.05, 3.63) is 65.0 Å². The number of hydrogen-bond acceptors (Lipinski definition) is 5. The van der Waals surface area contributed by atoms with Crippen LogP contribution < -0.4 is 15.8 Å². The van der Waals surface area contributed by atoms with Crippen molar-refractivity contribution < 1.29 is 22.7 Å². The van der Waals surface area contributed by atoms with Crippen LogP contribution in [0.15, 0.2) is 42.5 Å². The number of halogens is 3. The van der Waals surface area contributed by atoms with Gasteiger partial charge in [0.25, 0.3) is 12.3 Å². The van der Waals surface area contributed by atoms with Gasteiger partial charge in [-0.3, -0.25) is 4.79 Å². The van der Waals surface area contributed by atoms with E-state index in [1.807, 2.05) is 6.07 Å². The zero-order valence-electron chi connectivity index (χ0n) is 17.3. The summed E-state index contributed by atoms with van der Waals surface area (Å²) in [5, 5.41) is 16.2. The van der Waals surface area contributed by atoms with Crippen molar-refractivity contribution in [3.63, 3.8) is 0 Å². The molecule has 1 heterocycles. The second-order valence-electron chi connectivity index (χ2n) is 6.96. The molecule has 0 saturated heterocycles. The van der Waals surface area contributed by atoms with Crippen LogP contribution in [0.3, 0.4) is 0 Å². The molecule has 166 valence electrons. The van der Waals surface area contributed by atoms with Gasteiger partial charge in [0.15, 0.2) is 0 Å². The van der Waals surface area contributed by atoms with Gasteiger partial charge in [-0.1, -0.05) is 24.3 Å². The molecule has 32 heavy (non-hydrogen) atoms. The summed E-state index contributed by atoms with van der Waals surface area (Å²) in [4.78, 5) is 12.4. The number of rotatable bonds is 7. The molecule has 0 fully saturated rings. The van der Waals surface area contributed by atoms with Crippen molar-refractivity contribution >= 4 is 11.7 Å². The summed E-state index contributed by atoms with van der Waals surface area (Å²) >= 11 is 0. The number of carbonyl (C=O) groups is 1. The molecule has 0 bridgehead atoms. The second kappa shape index (κ2) is 9.43. The van der Waals surface area contributed by atoms with Gasteiger partial charge in [0.2, 0.25) is 0 Å². The molecular weight excluding hydrogens is 423 g/mol. The van der Waals surface area contributed by atoms with E-state index in [1.54, 1.807) is 24.3 Å². The Morgan fingerprint density at radius 3 is 2.56 bits per heavy atom. The van der Waals surface area contributed by atoms with Crippen LogP contribution >= 0.6 is 0 Å². The fraction of sp³-hybridized carbons (Fsp3) is 0.227. The maximum atomic E-state index is 13.5. The summed E-state index contributed by atoms with van der Waals surface area (Å²) < 4.78 is 45.7. The first-order chi connectivity index (χ1) is 15.3. The standard InChI is InChI=1S/C22H20F3N5O2/c1-12(20(24)25)30-21(27)17(10-26)19(29-30)14-5-3-13(4-6-14)11-28-22(31)16-9-15(23)7-8-18(16)32-2/h3-9,12,20H,11,27H2,1-2H3,(H,28,31). The number of benzene rings is 2. The number of aromatic nitrogens is 2. The van der Waals surface area contributed by atoms with Crippen LogP contribution in [0.1, 0.15) is 34.5 Å². The van der Waals surface area contributed by atoms with E-state index in [2.05, 4.69) is 10.4 Å². The third-order valence-electron chi connectivity index (χ3n) is 4.90. The highest BCUT2D eigenvalue weighted by atomic mass is 19.3. The minimum atomic E-state index is -2.70. The molecule has 0 aliphatic rings. The van der Waals surface area contributed by atoms with Crippen LogP contribution in [0.2, 0.25) is 0 Å². The molecule has 2 aromatic carbocycles. The zero-order valence-corrected chi connectivity index (χ0v) is 17.3. The van der Waals surface area contributed by atoms with E-state index in [9.17, 15) is 23.2 Å². The number of anilines is 1. The number of nitrogens with one attached hydrogen (secondary N) is 1. The van der Waals surface area contributed by atoms with Crippen LogP contribution in [-0.4, -0.2) is 29.2 Å². The van der Waals surface area contributed by atoms with Crippen LogP contribution in [0, 0.1) is 17.1 Å². The topological polar surface area (TPSA) is 106 Å². The molecule has 0 spiro atoms. The maximum Gasteiger partial charge on any atom is 0.260 e. The molecule has 3 N–H and O–H groups in total. The largest absolute Gasteiger partial charge is 0.496 e. The van der Waals surface area contributed by atoms with Crippen LogP contribution in [0.4, 0.5) is 19.0 Å². The highest BCUT2D eigenvalue weighted by Crippen LogP contribution is 2.30. The normalized spacial score (nSPS) is 11.8. The van der Waals surface area contributed by atoms with Gasteiger partial charge in [-0.05, 0) is 30.7 Å². The molecule has 0 aliphatic carbocycles. The number of amides is 1. The van der Waals surface area contributed by atoms with E-state index in [0.29, 0.717) is 11.1 Å². The van der Waals surface area contributed by atoms with Gasteiger partial charge in [-0.25, -0.2) is 17.9 Å². The van der Waals surface area contributed by atoms with Gasteiger partial charge in [0, 0.05) is 12.1 Å². The molecular formula is C22H20F3N5O2. The highest BCUT2D eigenvalue weighted by Gasteiger charge is 2.25. The van der Waals surface area contributed by atoms with Gasteiger partial charge >= 0.3 is 0 Å². The molecule has 7 nitrogen and oxygen atoms in total. The van der Waals surface area contributed by atoms with Crippen molar-refractivity contribution in [2.75, 3.05) is 12.8 Å². The molecule has 0 saturated carbocycles. The summed E-state index contributed by atoms with van der Waals surface area (Å²) in [5.74, 6) is -0.955. The number of methoxy groups -OCH3 is 1. The molecule has 0 aliphatic heterocycles. The van der Waals surface area contributed by atoms with E-state index in [4.69, 9.17) is 10.5 Å². The van der Waals surface area contributed by atoms with E-state index < -0.39 is 24.2 Å². The molecule has 1 amide bonds. The number of nitrogens with two attached hydrogens (primary N) is 1. The molecule has 1 unspecified atom stereocenters. The summed E-state index contributed by atoms with van der Waals surface area (Å²) in [6.45, 7) is 1.40. The summed E-state index contributed by atoms with van der Waals surface area (Å²) in [6, 6.07) is 10.9. The summed E-state index contributed by atoms with van der Waals surface area (Å²) in [6.07, 6.45) is -2.70. The number of alkyl halides is 2. The van der Waals surface area contributed by atoms with Gasteiger partial charge in [0.1, 0.15) is 40.8 Å². The van der Waals surface area contributed by atoms with Gasteiger partial charge in [-0.15, -0.1) is 0 Å². The van der Waals surface area contributed by atoms with Crippen LogP contribution in [0.25, 0.3) is 11.3 Å². The number of nitrogens with zero attached hydrogens (tertiary/aromatic N) is 3. The Morgan fingerprint density at radius 2 is 1.97 bits per heavy atom. The van der Waals surface area contributed by atoms with E-state index in [0.717, 1.165) is 10.7 Å². The van der Waals surface area contributed by atoms with Crippen molar-refractivity contribution in [2.24, 2.45) is 0 Å². The van der Waals surface area contributed by atoms with Crippen molar-refractivity contribution in [1.29, 1.82) is 5.26 Å². The Morgan fingerprint density at radius 1 is 1.28 bits per heavy atom. The highest BCUT2D eigenvalue weighted by molar-refractivity contribution is 5.96. The van der Waals surface area contributed by atoms with Gasteiger partial charge in [0.05, 0.1) is 12.7 Å². The number of carbonyl (C=O) groups excluding carboxylic acids is 1. The summed E-state index contributed by atoms with van der Waals surface area (Å²) in [7, 11) is 1.38. The second-order valence-corrected chi connectivity index (χ2v) is 6.96. The van der Waals surface area contributed by atoms with E-state index in [1.165, 1.54) is 26.2 Å². The molecule has 10 heteroatoms. The van der Waals surface area contributed by atoms with Crippen LogP contribution in [0.5, 0.6) is 5.75 Å². The molecule has 1 aromatic heterocycles. The van der Waals surface area contributed by atoms with Gasteiger partial charge in [-0.2, -0.15) is 10.4 Å². The number of hydrogen-bond donors (Lipinski definition) is 2. The first-order valence-corrected chi connectivity index (χ1v) is 9.54. The molecule has 0 radical (unpaired) electrons. The lowest BCUT2D eigenvalue weighted by Gasteiger charge is -2.12. The molecule has 3 aromatic rings. The first-order valence-electron chi connectivity index (χ1n) is 9.54. The predicted octanol–water partition coefficient (Wildman–Crippen LogP) is 3.91. The predicted molar refractivity (Wildman–Crippen MR) is 112 cm³/mol. The minimum Gasteiger partial charge on any atom is -0.496 e. The van der Waals surface area contributed by atoms with Crippen molar-refractivity contribution in [3.8, 4) is 23.1 Å². The smallest absolute Gasteiger partial charge is 0.260 e. The minimum absolute atomic E-state index is 0.0109. The lowest BCUT2D eigenvalue weighted by atomic mass is 10.1. The van der Waals surface area contributed by atoms with E-state index in [-0.39, 0.29) is 34.9 Å². The Balaban J connectivity index is 1.78. The zero-order chi connectivity index (χ0) is 23.4. The van der Waals surface area contributed by atoms with E-state index >= 15 is 0 Å². The summed E-state index contributed by atoms with van der Waals surface area (Å²) in [5.41, 5.74) is 7.34. The monoisotopic (exact) mass is 443 g/mol. The fourth-order valence-corrected chi connectivity index (χ4v) is 3.09. The van der Waals surface area contributed by atoms with Crippen molar-refractivity contribution in [1.82, 2.24) is 15.1 Å². The average Bonchev–Trinajstić information content (AvgIpc) is 3.13.